The number of amides is 1. The van der Waals surface area contributed by atoms with Gasteiger partial charge in [-0.3, -0.25) is 9.79 Å². The van der Waals surface area contributed by atoms with Gasteiger partial charge in [0.25, 0.3) is 5.91 Å². The van der Waals surface area contributed by atoms with Crippen LogP contribution in [0.4, 0.5) is 11.4 Å². The third-order valence-corrected chi connectivity index (χ3v) is 5.40. The average Bonchev–Trinajstić information content (AvgIpc) is 2.68. The number of aliphatic imine (C=N–C) groups is 1. The van der Waals surface area contributed by atoms with Gasteiger partial charge in [0.2, 0.25) is 0 Å². The maximum absolute atomic E-state index is 12.2. The number of hydrogen-bond donors (Lipinski definition) is 1. The number of halogens is 3. The summed E-state index contributed by atoms with van der Waals surface area (Å²) >= 11 is 13.1. The molecule has 1 amide bonds. The number of rotatable bonds is 6. The van der Waals surface area contributed by atoms with Gasteiger partial charge in [-0.05, 0) is 64.8 Å². The van der Waals surface area contributed by atoms with Crippen molar-refractivity contribution in [2.75, 3.05) is 11.9 Å². The molecule has 3 rings (SSSR count). The first-order chi connectivity index (χ1) is 13.9. The fourth-order valence-electron chi connectivity index (χ4n) is 2.49. The molecular weight excluding hydrogens is 520 g/mol. The Labute approximate surface area is 191 Å². The summed E-state index contributed by atoms with van der Waals surface area (Å²) in [4.78, 5) is 16.7. The second-order valence-electron chi connectivity index (χ2n) is 6.20. The molecule has 0 saturated carbocycles. The number of carbonyl (C=O) groups is 1. The number of ether oxygens (including phenoxy) is 1. The van der Waals surface area contributed by atoms with E-state index in [1.54, 1.807) is 12.3 Å². The van der Waals surface area contributed by atoms with Crippen molar-refractivity contribution in [2.24, 2.45) is 4.99 Å². The lowest BCUT2D eigenvalue weighted by Gasteiger charge is -2.12. The zero-order valence-electron chi connectivity index (χ0n) is 15.5. The Bertz CT molecular complexity index is 1060. The highest BCUT2D eigenvalue weighted by Crippen LogP contribution is 2.32. The van der Waals surface area contributed by atoms with E-state index in [0.29, 0.717) is 20.9 Å². The minimum absolute atomic E-state index is 0.133. The minimum atomic E-state index is -0.251. The Morgan fingerprint density at radius 1 is 1.14 bits per heavy atom. The van der Waals surface area contributed by atoms with Gasteiger partial charge in [-0.2, -0.15) is 0 Å². The van der Waals surface area contributed by atoms with Crippen LogP contribution in [-0.2, 0) is 4.79 Å². The van der Waals surface area contributed by atoms with Crippen molar-refractivity contribution in [1.82, 2.24) is 0 Å². The minimum Gasteiger partial charge on any atom is -0.482 e. The van der Waals surface area contributed by atoms with Crippen LogP contribution < -0.4 is 10.1 Å². The molecule has 0 saturated heterocycles. The van der Waals surface area contributed by atoms with Crippen molar-refractivity contribution < 1.29 is 9.53 Å². The maximum Gasteiger partial charge on any atom is 0.262 e. The quantitative estimate of drug-likeness (QED) is 0.347. The summed E-state index contributed by atoms with van der Waals surface area (Å²) in [5.41, 5.74) is 3.15. The van der Waals surface area contributed by atoms with Crippen molar-refractivity contribution in [2.45, 2.75) is 6.92 Å². The summed E-state index contributed by atoms with van der Waals surface area (Å²) in [5.74, 6) is 0.276. The number of anilines is 1. The molecule has 3 aromatic carbocycles. The standard InChI is InChI=1S/C22H17Br2ClN2O2/c1-14-7-8-18(11-20(14)25)26-12-15-9-16(23)10-19(24)22(15)29-13-21(28)27-17-5-3-2-4-6-17/h2-12H,13H2,1H3,(H,27,28). The predicted octanol–water partition coefficient (Wildman–Crippen LogP) is 6.94. The van der Waals surface area contributed by atoms with E-state index < -0.39 is 0 Å². The van der Waals surface area contributed by atoms with Crippen LogP contribution in [-0.4, -0.2) is 18.7 Å². The number of nitrogens with one attached hydrogen (secondary N) is 1. The van der Waals surface area contributed by atoms with Gasteiger partial charge in [-0.25, -0.2) is 0 Å². The molecule has 4 nitrogen and oxygen atoms in total. The zero-order chi connectivity index (χ0) is 20.8. The third-order valence-electron chi connectivity index (χ3n) is 3.95. The molecule has 3 aromatic rings. The fourth-order valence-corrected chi connectivity index (χ4v) is 4.04. The lowest BCUT2D eigenvalue weighted by atomic mass is 10.2. The van der Waals surface area contributed by atoms with Crippen LogP contribution in [0.2, 0.25) is 5.02 Å². The van der Waals surface area contributed by atoms with Crippen LogP contribution in [0.25, 0.3) is 0 Å². The molecule has 0 spiro atoms. The molecule has 0 radical (unpaired) electrons. The highest BCUT2D eigenvalue weighted by atomic mass is 79.9. The first-order valence-corrected chi connectivity index (χ1v) is 10.7. The van der Waals surface area contributed by atoms with Crippen LogP contribution in [0, 0.1) is 6.92 Å². The van der Waals surface area contributed by atoms with Gasteiger partial charge in [0.1, 0.15) is 5.75 Å². The van der Waals surface area contributed by atoms with Crippen LogP contribution in [0.3, 0.4) is 0 Å². The molecular formula is C22H17Br2ClN2O2. The molecule has 0 fully saturated rings. The lowest BCUT2D eigenvalue weighted by Crippen LogP contribution is -2.20. The van der Waals surface area contributed by atoms with E-state index in [4.69, 9.17) is 16.3 Å². The molecule has 7 heteroatoms. The van der Waals surface area contributed by atoms with Gasteiger partial charge in [0.05, 0.1) is 10.2 Å². The van der Waals surface area contributed by atoms with E-state index in [9.17, 15) is 4.79 Å². The molecule has 29 heavy (non-hydrogen) atoms. The average molecular weight is 537 g/mol. The molecule has 0 aliphatic heterocycles. The van der Waals surface area contributed by atoms with Gasteiger partial charge >= 0.3 is 0 Å². The van der Waals surface area contributed by atoms with Gasteiger partial charge in [-0.15, -0.1) is 0 Å². The van der Waals surface area contributed by atoms with Crippen LogP contribution in [0.1, 0.15) is 11.1 Å². The van der Waals surface area contributed by atoms with Crippen molar-refractivity contribution >= 4 is 67.0 Å². The van der Waals surface area contributed by atoms with Crippen molar-refractivity contribution in [3.8, 4) is 5.75 Å². The highest BCUT2D eigenvalue weighted by molar-refractivity contribution is 9.11. The number of nitrogens with zero attached hydrogens (tertiary/aromatic N) is 1. The second-order valence-corrected chi connectivity index (χ2v) is 8.38. The summed E-state index contributed by atoms with van der Waals surface area (Å²) in [6.07, 6.45) is 1.68. The van der Waals surface area contributed by atoms with E-state index in [1.807, 2.05) is 61.5 Å². The summed E-state index contributed by atoms with van der Waals surface area (Å²) in [6, 6.07) is 18.6. The summed E-state index contributed by atoms with van der Waals surface area (Å²) in [5, 5.41) is 3.45. The third kappa shape index (κ3) is 6.16. The van der Waals surface area contributed by atoms with Crippen LogP contribution in [0.15, 0.2) is 74.6 Å². The summed E-state index contributed by atoms with van der Waals surface area (Å²) in [7, 11) is 0. The molecule has 0 heterocycles. The van der Waals surface area contributed by atoms with E-state index in [1.165, 1.54) is 0 Å². The monoisotopic (exact) mass is 534 g/mol. The number of carbonyl (C=O) groups excluding carboxylic acids is 1. The number of aryl methyl sites for hydroxylation is 1. The van der Waals surface area contributed by atoms with Crippen molar-refractivity contribution in [1.29, 1.82) is 0 Å². The Kier molecular flexibility index (Phi) is 7.47. The number of para-hydroxylation sites is 1. The largest absolute Gasteiger partial charge is 0.482 e. The van der Waals surface area contributed by atoms with Gasteiger partial charge in [-0.1, -0.05) is 51.8 Å². The van der Waals surface area contributed by atoms with Crippen LogP contribution >= 0.6 is 43.5 Å². The molecule has 0 aliphatic carbocycles. The van der Waals surface area contributed by atoms with Gasteiger partial charge in [0.15, 0.2) is 6.61 Å². The molecule has 0 aromatic heterocycles. The maximum atomic E-state index is 12.2. The molecule has 0 atom stereocenters. The molecule has 0 bridgehead atoms. The first-order valence-electron chi connectivity index (χ1n) is 8.69. The zero-order valence-corrected chi connectivity index (χ0v) is 19.4. The molecule has 0 aliphatic rings. The molecule has 148 valence electrons. The fraction of sp³-hybridized carbons (Fsp3) is 0.0909. The second kappa shape index (κ2) is 10.1. The topological polar surface area (TPSA) is 50.7 Å². The highest BCUT2D eigenvalue weighted by Gasteiger charge is 2.12. The SMILES string of the molecule is Cc1ccc(N=Cc2cc(Br)cc(Br)c2OCC(=O)Nc2ccccc2)cc1Cl. The predicted molar refractivity (Wildman–Crippen MR) is 126 cm³/mol. The molecule has 1 N–H and O–H groups in total. The van der Waals surface area contributed by atoms with Crippen molar-refractivity contribution in [3.05, 3.63) is 85.8 Å². The summed E-state index contributed by atoms with van der Waals surface area (Å²) < 4.78 is 7.36. The number of benzene rings is 3. The Morgan fingerprint density at radius 2 is 1.90 bits per heavy atom. The normalized spacial score (nSPS) is 10.9. The van der Waals surface area contributed by atoms with E-state index >= 15 is 0 Å². The molecule has 0 unspecified atom stereocenters. The smallest absolute Gasteiger partial charge is 0.262 e. The van der Waals surface area contributed by atoms with Gasteiger partial charge in [0, 0.05) is 27.0 Å². The van der Waals surface area contributed by atoms with Crippen LogP contribution in [0.5, 0.6) is 5.75 Å². The Hall–Kier alpha value is -2.15. The number of hydrogen-bond acceptors (Lipinski definition) is 3. The van der Waals surface area contributed by atoms with E-state index in [2.05, 4.69) is 42.2 Å². The summed E-state index contributed by atoms with van der Waals surface area (Å²) in [6.45, 7) is 1.81. The van der Waals surface area contributed by atoms with E-state index in [0.717, 1.165) is 21.3 Å². The first kappa shape index (κ1) is 21.6. The lowest BCUT2D eigenvalue weighted by molar-refractivity contribution is -0.118. The van der Waals surface area contributed by atoms with Gasteiger partial charge < -0.3 is 10.1 Å². The Balaban J connectivity index is 1.77. The van der Waals surface area contributed by atoms with Crippen molar-refractivity contribution in [3.63, 3.8) is 0 Å². The van der Waals surface area contributed by atoms with E-state index in [-0.39, 0.29) is 12.5 Å². The Morgan fingerprint density at radius 3 is 2.62 bits per heavy atom.